The number of phenols is 1. The van der Waals surface area contributed by atoms with Crippen LogP contribution in [0.3, 0.4) is 0 Å². The highest BCUT2D eigenvalue weighted by molar-refractivity contribution is 7.89. The molecule has 1 aliphatic heterocycles. The number of anilines is 2. The Balaban J connectivity index is 1.88. The summed E-state index contributed by atoms with van der Waals surface area (Å²) in [5.41, 5.74) is -0.0751. The molecule has 0 bridgehead atoms. The Hall–Kier alpha value is -2.24. The number of rotatable bonds is 5. The second-order valence-corrected chi connectivity index (χ2v) is 9.23. The molecule has 30 heavy (non-hydrogen) atoms. The van der Waals surface area contributed by atoms with Gasteiger partial charge in [0.15, 0.2) is 5.75 Å². The second-order valence-electron chi connectivity index (χ2n) is 6.21. The number of phenolic OH excluding ortho intramolecular Hbond substituents is 1. The number of carboxylic acids is 1. The highest BCUT2D eigenvalue weighted by atomic mass is 35.5. The average Bonchev–Trinajstić information content (AvgIpc) is 2.59. The first-order valence-electron chi connectivity index (χ1n) is 8.32. The summed E-state index contributed by atoms with van der Waals surface area (Å²) < 4.78 is 26.4. The fraction of sp³-hybridized carbons (Fsp3) is 0.176. The molecule has 0 radical (unpaired) electrons. The van der Waals surface area contributed by atoms with Gasteiger partial charge in [-0.3, -0.25) is 4.79 Å². The van der Waals surface area contributed by atoms with E-state index in [1.54, 1.807) is 6.07 Å². The van der Waals surface area contributed by atoms with Crippen molar-refractivity contribution >= 4 is 68.2 Å². The lowest BCUT2D eigenvalue weighted by Gasteiger charge is -2.36. The van der Waals surface area contributed by atoms with Crippen LogP contribution in [-0.4, -0.2) is 47.5 Å². The molecule has 160 valence electrons. The lowest BCUT2D eigenvalue weighted by atomic mass is 10.1. The number of benzene rings is 2. The van der Waals surface area contributed by atoms with Gasteiger partial charge >= 0.3 is 12.0 Å². The fourth-order valence-corrected chi connectivity index (χ4v) is 5.36. The Labute approximate surface area is 186 Å². The number of carbonyl (C=O) groups is 2. The van der Waals surface area contributed by atoms with E-state index < -0.39 is 38.7 Å². The maximum atomic E-state index is 12.8. The molecular weight excluding hydrogens is 481 g/mol. The van der Waals surface area contributed by atoms with Gasteiger partial charge in [-0.25, -0.2) is 13.2 Å². The summed E-state index contributed by atoms with van der Waals surface area (Å²) in [7, 11) is -4.43. The van der Waals surface area contributed by atoms with Gasteiger partial charge in [-0.1, -0.05) is 40.9 Å². The van der Waals surface area contributed by atoms with Crippen LogP contribution in [0, 0.1) is 0 Å². The summed E-state index contributed by atoms with van der Waals surface area (Å²) in [6.07, 6.45) is 0.133. The Morgan fingerprint density at radius 2 is 1.70 bits per heavy atom. The summed E-state index contributed by atoms with van der Waals surface area (Å²) in [4.78, 5) is 22.8. The maximum absolute atomic E-state index is 12.8. The lowest BCUT2D eigenvalue weighted by molar-refractivity contribution is -0.144. The predicted molar refractivity (Wildman–Crippen MR) is 112 cm³/mol. The molecule has 1 fully saturated rings. The molecule has 2 aromatic carbocycles. The molecule has 13 heteroatoms. The number of aromatic hydroxyl groups is 1. The van der Waals surface area contributed by atoms with Crippen LogP contribution in [-0.2, 0) is 14.8 Å². The molecule has 9 nitrogen and oxygen atoms in total. The van der Waals surface area contributed by atoms with Gasteiger partial charge in [0.05, 0.1) is 26.4 Å². The van der Waals surface area contributed by atoms with E-state index >= 15 is 0 Å². The lowest BCUT2D eigenvalue weighted by Crippen LogP contribution is -2.54. The van der Waals surface area contributed by atoms with E-state index in [2.05, 4.69) is 10.6 Å². The van der Waals surface area contributed by atoms with Crippen LogP contribution in [0.1, 0.15) is 6.42 Å². The van der Waals surface area contributed by atoms with Gasteiger partial charge in [0, 0.05) is 6.54 Å². The zero-order valence-corrected chi connectivity index (χ0v) is 18.0. The minimum absolute atomic E-state index is 0.0412. The molecule has 2 aromatic rings. The molecule has 1 atom stereocenters. The van der Waals surface area contributed by atoms with Crippen LogP contribution < -0.4 is 10.6 Å². The number of halogens is 3. The number of nitrogens with one attached hydrogen (secondary N) is 2. The molecule has 0 aliphatic carbocycles. The van der Waals surface area contributed by atoms with E-state index in [9.17, 15) is 23.1 Å². The fourth-order valence-electron chi connectivity index (χ4n) is 2.78. The third-order valence-corrected chi connectivity index (χ3v) is 7.58. The molecule has 0 aromatic heterocycles. The molecule has 1 saturated heterocycles. The molecule has 4 N–H and O–H groups in total. The maximum Gasteiger partial charge on any atom is 0.323 e. The molecule has 0 spiro atoms. The zero-order valence-electron chi connectivity index (χ0n) is 14.9. The number of urea groups is 1. The summed E-state index contributed by atoms with van der Waals surface area (Å²) >= 11 is 17.9. The van der Waals surface area contributed by atoms with Gasteiger partial charge in [0.1, 0.15) is 10.9 Å². The predicted octanol–water partition coefficient (Wildman–Crippen LogP) is 3.84. The van der Waals surface area contributed by atoms with Crippen molar-refractivity contribution < 1.29 is 28.2 Å². The highest BCUT2D eigenvalue weighted by Crippen LogP contribution is 2.41. The van der Waals surface area contributed by atoms with Gasteiger partial charge in [0.2, 0.25) is 10.0 Å². The number of hydrogen-bond donors (Lipinski definition) is 4. The number of amides is 2. The number of sulfonamides is 1. The van der Waals surface area contributed by atoms with E-state index in [1.807, 2.05) is 0 Å². The minimum atomic E-state index is -4.43. The molecule has 3 rings (SSSR count). The largest absolute Gasteiger partial charge is 0.504 e. The van der Waals surface area contributed by atoms with E-state index in [0.717, 1.165) is 6.07 Å². The normalized spacial score (nSPS) is 16.6. The quantitative estimate of drug-likeness (QED) is 0.466. The second kappa shape index (κ2) is 8.48. The molecule has 1 unspecified atom stereocenters. The van der Waals surface area contributed by atoms with Crippen molar-refractivity contribution in [3.63, 3.8) is 0 Å². The Bertz CT molecular complexity index is 1140. The number of nitrogens with zero attached hydrogens (tertiary/aromatic N) is 1. The summed E-state index contributed by atoms with van der Waals surface area (Å²) in [5.74, 6) is -2.14. The van der Waals surface area contributed by atoms with Crippen LogP contribution in [0.2, 0.25) is 15.1 Å². The van der Waals surface area contributed by atoms with Crippen LogP contribution >= 0.6 is 34.8 Å². The van der Waals surface area contributed by atoms with Crippen molar-refractivity contribution in [1.29, 1.82) is 0 Å². The zero-order chi connectivity index (χ0) is 22.2. The van der Waals surface area contributed by atoms with E-state index in [1.165, 1.54) is 18.2 Å². The van der Waals surface area contributed by atoms with Gasteiger partial charge in [-0.15, -0.1) is 0 Å². The molecule has 1 heterocycles. The van der Waals surface area contributed by atoms with Gasteiger partial charge in [0.25, 0.3) is 0 Å². The van der Waals surface area contributed by atoms with Crippen LogP contribution in [0.25, 0.3) is 0 Å². The average molecular weight is 495 g/mol. The number of carbonyl (C=O) groups excluding carboxylic acids is 1. The van der Waals surface area contributed by atoms with Crippen LogP contribution in [0.5, 0.6) is 5.75 Å². The summed E-state index contributed by atoms with van der Waals surface area (Å²) in [6, 6.07) is 4.83. The van der Waals surface area contributed by atoms with Crippen molar-refractivity contribution in [1.82, 2.24) is 4.31 Å². The summed E-state index contributed by atoms with van der Waals surface area (Å²) in [5, 5.41) is 24.3. The van der Waals surface area contributed by atoms with Crippen molar-refractivity contribution in [3.8, 4) is 5.75 Å². The molecule has 0 saturated carbocycles. The van der Waals surface area contributed by atoms with E-state index in [4.69, 9.17) is 39.9 Å². The summed E-state index contributed by atoms with van der Waals surface area (Å²) in [6.45, 7) is -0.0412. The first kappa shape index (κ1) is 22.4. The number of aliphatic carboxylic acids is 1. The Kier molecular flexibility index (Phi) is 6.34. The standard InChI is InChI=1S/C17H14Cl3N3O6S/c18-8-2-1-3-10(13(8)20)21-17(27)22-11-5-4-9(19)15(14(11)24)30(28,29)23-7-6-12(23)16(25)26/h1-5,12,24H,6-7H2,(H,25,26)(H2,21,22,27). The van der Waals surface area contributed by atoms with Crippen molar-refractivity contribution in [2.24, 2.45) is 0 Å². The SMILES string of the molecule is O=C(Nc1ccc(Cl)c(S(=O)(=O)N2CCC2C(=O)O)c1O)Nc1cccc(Cl)c1Cl. The van der Waals surface area contributed by atoms with E-state index in [-0.39, 0.29) is 39.4 Å². The molecule has 2 amide bonds. The first-order valence-corrected chi connectivity index (χ1v) is 10.9. The van der Waals surface area contributed by atoms with Crippen molar-refractivity contribution in [3.05, 3.63) is 45.4 Å². The Morgan fingerprint density at radius 1 is 1.03 bits per heavy atom. The number of hydrogen-bond acceptors (Lipinski definition) is 5. The highest BCUT2D eigenvalue weighted by Gasteiger charge is 2.45. The van der Waals surface area contributed by atoms with Crippen molar-refractivity contribution in [2.75, 3.05) is 17.2 Å². The van der Waals surface area contributed by atoms with Crippen LogP contribution in [0.4, 0.5) is 16.2 Å². The van der Waals surface area contributed by atoms with E-state index in [0.29, 0.717) is 4.31 Å². The molecule has 1 aliphatic rings. The van der Waals surface area contributed by atoms with Gasteiger partial charge in [-0.2, -0.15) is 4.31 Å². The van der Waals surface area contributed by atoms with Crippen molar-refractivity contribution in [2.45, 2.75) is 17.4 Å². The van der Waals surface area contributed by atoms with Gasteiger partial charge in [-0.05, 0) is 30.7 Å². The molecular formula is C17H14Cl3N3O6S. The van der Waals surface area contributed by atoms with Crippen LogP contribution in [0.15, 0.2) is 35.2 Å². The smallest absolute Gasteiger partial charge is 0.323 e. The Morgan fingerprint density at radius 3 is 2.30 bits per heavy atom. The monoisotopic (exact) mass is 493 g/mol. The van der Waals surface area contributed by atoms with Gasteiger partial charge < -0.3 is 20.8 Å². The third kappa shape index (κ3) is 4.14. The third-order valence-electron chi connectivity index (χ3n) is 4.35. The first-order chi connectivity index (χ1) is 14.0. The topological polar surface area (TPSA) is 136 Å². The minimum Gasteiger partial charge on any atom is -0.504 e. The number of carboxylic acid groups (broad SMARTS) is 1.